The van der Waals surface area contributed by atoms with Crippen LogP contribution in [0.5, 0.6) is 5.75 Å². The van der Waals surface area contributed by atoms with E-state index in [0.717, 1.165) is 6.42 Å². The lowest BCUT2D eigenvalue weighted by Gasteiger charge is -2.39. The molecule has 0 unspecified atom stereocenters. The number of benzene rings is 1. The normalized spacial score (nSPS) is 22.2. The molecule has 7 atom stereocenters. The molecule has 1 aromatic carbocycles. The number of nitrogens with one attached hydrogen (secondary N) is 3. The SMILES string of the molecule is CC(C)CC[C@H](C(=O)N[C@@H](CCCNC(N)=O)C(=O)Nc1ccc(COC(=O)C(C)C)cc1O[C@@H]1O[C@H](CO)[C@@H](O)[C@H](O)[C@H]1O)C(C)C. The summed E-state index contributed by atoms with van der Waals surface area (Å²) in [5, 5.41) is 48.8. The van der Waals surface area contributed by atoms with Crippen LogP contribution in [0, 0.1) is 23.7 Å². The maximum atomic E-state index is 13.8. The molecule has 0 aliphatic carbocycles. The first-order valence-corrected chi connectivity index (χ1v) is 16.5. The molecule has 48 heavy (non-hydrogen) atoms. The van der Waals surface area contributed by atoms with Crippen LogP contribution in [0.1, 0.15) is 72.8 Å². The van der Waals surface area contributed by atoms with Gasteiger partial charge in [0.15, 0.2) is 0 Å². The molecule has 15 nitrogen and oxygen atoms in total. The number of ether oxygens (including phenoxy) is 3. The summed E-state index contributed by atoms with van der Waals surface area (Å²) in [4.78, 5) is 50.5. The molecule has 1 saturated heterocycles. The molecule has 272 valence electrons. The van der Waals surface area contributed by atoms with Crippen LogP contribution in [0.4, 0.5) is 10.5 Å². The first kappa shape index (κ1) is 40.7. The van der Waals surface area contributed by atoms with Gasteiger partial charge in [-0.05, 0) is 48.8 Å². The Kier molecular flexibility index (Phi) is 16.5. The third-order valence-electron chi connectivity index (χ3n) is 8.05. The molecule has 4 amide bonds. The van der Waals surface area contributed by atoms with Gasteiger partial charge in [-0.15, -0.1) is 0 Å². The van der Waals surface area contributed by atoms with Gasteiger partial charge in [0, 0.05) is 12.5 Å². The number of urea groups is 1. The van der Waals surface area contributed by atoms with Crippen LogP contribution in [-0.4, -0.2) is 94.1 Å². The molecular formula is C33H54N4O11. The van der Waals surface area contributed by atoms with E-state index in [1.807, 2.05) is 13.8 Å². The quantitative estimate of drug-likeness (QED) is 0.0807. The standard InChI is InChI=1S/C33H54N4O11/c1-17(2)9-11-21(18(3)4)29(42)37-23(8-7-13-35-33(34)45)30(43)36-22-12-10-20(16-46-31(44)19(5)6)14-24(22)47-32-28(41)27(40)26(39)25(15-38)48-32/h10,12,14,17-19,21,23,25-28,32,38-41H,7-9,11,13,15-16H2,1-6H3,(H,36,43)(H,37,42)(H3,34,35,45)/t21-,23-,25+,26+,27-,28+,32+/m0/s1. The van der Waals surface area contributed by atoms with Gasteiger partial charge in [0.2, 0.25) is 18.1 Å². The zero-order valence-electron chi connectivity index (χ0n) is 28.7. The van der Waals surface area contributed by atoms with Gasteiger partial charge in [-0.1, -0.05) is 54.0 Å². The van der Waals surface area contributed by atoms with E-state index in [4.69, 9.17) is 19.9 Å². The second kappa shape index (κ2) is 19.5. The van der Waals surface area contributed by atoms with E-state index in [1.165, 1.54) is 12.1 Å². The van der Waals surface area contributed by atoms with Crippen LogP contribution in [0.15, 0.2) is 18.2 Å². The fourth-order valence-corrected chi connectivity index (χ4v) is 5.03. The number of rotatable bonds is 18. The van der Waals surface area contributed by atoms with Gasteiger partial charge in [0.05, 0.1) is 18.2 Å². The van der Waals surface area contributed by atoms with Crippen LogP contribution in [-0.2, 0) is 30.5 Å². The molecule has 1 heterocycles. The minimum absolute atomic E-state index is 0.0138. The molecule has 0 saturated carbocycles. The molecule has 1 aliphatic rings. The number of esters is 1. The van der Waals surface area contributed by atoms with Crippen molar-refractivity contribution in [3.63, 3.8) is 0 Å². The Morgan fingerprint density at radius 3 is 2.21 bits per heavy atom. The van der Waals surface area contributed by atoms with Crippen molar-refractivity contribution in [1.82, 2.24) is 10.6 Å². The van der Waals surface area contributed by atoms with Crippen LogP contribution in [0.2, 0.25) is 0 Å². The lowest BCUT2D eigenvalue weighted by molar-refractivity contribution is -0.277. The van der Waals surface area contributed by atoms with Crippen molar-refractivity contribution in [1.29, 1.82) is 0 Å². The number of carbonyl (C=O) groups excluding carboxylic acids is 4. The van der Waals surface area contributed by atoms with Gasteiger partial charge in [0.1, 0.15) is 42.8 Å². The topological polar surface area (TPSA) is 239 Å². The molecule has 1 aromatic rings. The van der Waals surface area contributed by atoms with Crippen LogP contribution in [0.25, 0.3) is 0 Å². The zero-order chi connectivity index (χ0) is 36.1. The summed E-state index contributed by atoms with van der Waals surface area (Å²) in [6.07, 6.45) is -5.97. The monoisotopic (exact) mass is 682 g/mol. The second-order valence-electron chi connectivity index (χ2n) is 13.2. The number of amides is 4. The number of primary amides is 1. The van der Waals surface area contributed by atoms with Crippen molar-refractivity contribution in [2.24, 2.45) is 29.4 Å². The number of aliphatic hydroxyl groups excluding tert-OH is 4. The van der Waals surface area contributed by atoms with Gasteiger partial charge < -0.3 is 56.3 Å². The minimum Gasteiger partial charge on any atom is -0.461 e. The van der Waals surface area contributed by atoms with Crippen molar-refractivity contribution >= 4 is 29.5 Å². The average molecular weight is 683 g/mol. The summed E-state index contributed by atoms with van der Waals surface area (Å²) in [7, 11) is 0. The smallest absolute Gasteiger partial charge is 0.312 e. The summed E-state index contributed by atoms with van der Waals surface area (Å²) < 4.78 is 16.7. The maximum absolute atomic E-state index is 13.8. The first-order chi connectivity index (χ1) is 22.5. The van der Waals surface area contributed by atoms with Gasteiger partial charge >= 0.3 is 12.0 Å². The molecule has 15 heteroatoms. The highest BCUT2D eigenvalue weighted by Crippen LogP contribution is 2.31. The number of hydrogen-bond donors (Lipinski definition) is 8. The largest absolute Gasteiger partial charge is 0.461 e. The summed E-state index contributed by atoms with van der Waals surface area (Å²) in [6, 6.07) is 2.74. The number of aliphatic hydroxyl groups is 4. The molecule has 2 rings (SSSR count). The predicted octanol–water partition coefficient (Wildman–Crippen LogP) is 1.14. The minimum atomic E-state index is -1.74. The average Bonchev–Trinajstić information content (AvgIpc) is 3.01. The van der Waals surface area contributed by atoms with Crippen molar-refractivity contribution in [2.75, 3.05) is 18.5 Å². The number of anilines is 1. The maximum Gasteiger partial charge on any atom is 0.312 e. The molecule has 0 radical (unpaired) electrons. The second-order valence-corrected chi connectivity index (χ2v) is 13.2. The molecule has 0 spiro atoms. The van der Waals surface area contributed by atoms with E-state index in [2.05, 4.69) is 29.8 Å². The van der Waals surface area contributed by atoms with E-state index in [9.17, 15) is 39.6 Å². The van der Waals surface area contributed by atoms with E-state index in [-0.39, 0.29) is 54.7 Å². The molecule has 1 fully saturated rings. The molecule has 0 bridgehead atoms. The Morgan fingerprint density at radius 1 is 0.938 bits per heavy atom. The van der Waals surface area contributed by atoms with Crippen molar-refractivity contribution < 1.29 is 53.8 Å². The lowest BCUT2D eigenvalue weighted by Crippen LogP contribution is -2.60. The summed E-state index contributed by atoms with van der Waals surface area (Å²) in [6.45, 7) is 10.7. The van der Waals surface area contributed by atoms with Crippen molar-refractivity contribution in [3.8, 4) is 5.75 Å². The van der Waals surface area contributed by atoms with E-state index in [1.54, 1.807) is 19.9 Å². The Morgan fingerprint density at radius 2 is 1.62 bits per heavy atom. The van der Waals surface area contributed by atoms with Gasteiger partial charge in [-0.3, -0.25) is 14.4 Å². The van der Waals surface area contributed by atoms with Crippen LogP contribution in [0.3, 0.4) is 0 Å². The highest BCUT2D eigenvalue weighted by atomic mass is 16.7. The Bertz CT molecular complexity index is 1210. The number of hydrogen-bond acceptors (Lipinski definition) is 11. The van der Waals surface area contributed by atoms with Gasteiger partial charge in [-0.25, -0.2) is 4.79 Å². The highest BCUT2D eigenvalue weighted by molar-refractivity contribution is 5.98. The summed E-state index contributed by atoms with van der Waals surface area (Å²) in [5.41, 5.74) is 5.71. The first-order valence-electron chi connectivity index (χ1n) is 16.5. The Balaban J connectivity index is 2.39. The van der Waals surface area contributed by atoms with Crippen LogP contribution < -0.4 is 26.4 Å². The molecule has 9 N–H and O–H groups in total. The van der Waals surface area contributed by atoms with Crippen LogP contribution >= 0.6 is 0 Å². The zero-order valence-corrected chi connectivity index (χ0v) is 28.7. The molecule has 0 aromatic heterocycles. The van der Waals surface area contributed by atoms with Gasteiger partial charge in [-0.2, -0.15) is 0 Å². The molecule has 1 aliphatic heterocycles. The van der Waals surface area contributed by atoms with E-state index >= 15 is 0 Å². The summed E-state index contributed by atoms with van der Waals surface area (Å²) in [5.74, 6) is -1.70. The fourth-order valence-electron chi connectivity index (χ4n) is 5.03. The highest BCUT2D eigenvalue weighted by Gasteiger charge is 2.45. The predicted molar refractivity (Wildman–Crippen MR) is 175 cm³/mol. The number of carbonyl (C=O) groups is 4. The third kappa shape index (κ3) is 12.5. The lowest BCUT2D eigenvalue weighted by atomic mass is 9.87. The van der Waals surface area contributed by atoms with E-state index < -0.39 is 61.3 Å². The molecular weight excluding hydrogens is 628 g/mol. The third-order valence-corrected chi connectivity index (χ3v) is 8.05. The Labute approximate surface area is 281 Å². The van der Waals surface area contributed by atoms with Crippen molar-refractivity contribution in [2.45, 2.75) is 111 Å². The summed E-state index contributed by atoms with van der Waals surface area (Å²) >= 11 is 0. The van der Waals surface area contributed by atoms with E-state index in [0.29, 0.717) is 24.3 Å². The fraction of sp³-hybridized carbons (Fsp3) is 0.697. The van der Waals surface area contributed by atoms with Gasteiger partial charge in [0.25, 0.3) is 0 Å². The Hall–Kier alpha value is -3.50. The number of nitrogens with two attached hydrogens (primary N) is 1. The van der Waals surface area contributed by atoms with Crippen molar-refractivity contribution in [3.05, 3.63) is 23.8 Å².